The molecule has 0 atom stereocenters. The number of aromatic nitrogens is 2. The average Bonchev–Trinajstić information content (AvgIpc) is 3.04. The van der Waals surface area contributed by atoms with Crippen molar-refractivity contribution in [2.45, 2.75) is 52.9 Å². The van der Waals surface area contributed by atoms with Crippen LogP contribution in [0.4, 0.5) is 4.39 Å². The molecule has 2 aromatic heterocycles. The summed E-state index contributed by atoms with van der Waals surface area (Å²) in [7, 11) is 0. The van der Waals surface area contributed by atoms with E-state index < -0.39 is 5.97 Å². The van der Waals surface area contributed by atoms with Gasteiger partial charge in [0.2, 0.25) is 0 Å². The van der Waals surface area contributed by atoms with Gasteiger partial charge in [0.1, 0.15) is 11.5 Å². The highest BCUT2D eigenvalue weighted by Crippen LogP contribution is 2.35. The largest absolute Gasteiger partial charge is 0.462 e. The van der Waals surface area contributed by atoms with Gasteiger partial charge in [0, 0.05) is 16.7 Å². The van der Waals surface area contributed by atoms with E-state index in [4.69, 9.17) is 9.84 Å². The number of carbonyl (C=O) groups excluding carboxylic acids is 1. The number of rotatable bonds is 4. The van der Waals surface area contributed by atoms with Gasteiger partial charge in [-0.25, -0.2) is 13.7 Å². The van der Waals surface area contributed by atoms with Crippen LogP contribution >= 0.6 is 0 Å². The quantitative estimate of drug-likeness (QED) is 0.541. The maximum atomic E-state index is 13.5. The van der Waals surface area contributed by atoms with Crippen LogP contribution in [-0.4, -0.2) is 22.2 Å². The third kappa shape index (κ3) is 3.53. The van der Waals surface area contributed by atoms with E-state index >= 15 is 0 Å². The molecule has 3 rings (SSSR count). The first kappa shape index (κ1) is 20.1. The van der Waals surface area contributed by atoms with Crippen molar-refractivity contribution >= 4 is 11.5 Å². The molecule has 148 valence electrons. The van der Waals surface area contributed by atoms with Gasteiger partial charge in [0.05, 0.1) is 17.7 Å². The van der Waals surface area contributed by atoms with Crippen LogP contribution in [0.15, 0.2) is 36.4 Å². The van der Waals surface area contributed by atoms with Gasteiger partial charge in [0.15, 0.2) is 0 Å². The molecule has 0 fully saturated rings. The van der Waals surface area contributed by atoms with E-state index in [1.54, 1.807) is 19.1 Å². The minimum Gasteiger partial charge on any atom is -0.462 e. The Morgan fingerprint density at radius 3 is 2.32 bits per heavy atom. The standard InChI is InChI=1S/C23H27FN2O2/c1-7-28-22(27)20-19(14(2)3)17-12-13-18(23(4,5)6)26(17)25-21(20)15-8-10-16(24)11-9-15/h8-14H,7H2,1-6H3. The van der Waals surface area contributed by atoms with Crippen LogP contribution in [0.1, 0.15) is 69.1 Å². The lowest BCUT2D eigenvalue weighted by atomic mass is 9.92. The Hall–Kier alpha value is -2.69. The highest BCUT2D eigenvalue weighted by Gasteiger charge is 2.28. The Morgan fingerprint density at radius 2 is 1.79 bits per heavy atom. The maximum absolute atomic E-state index is 13.5. The molecule has 0 radical (unpaired) electrons. The predicted molar refractivity (Wildman–Crippen MR) is 109 cm³/mol. The second kappa shape index (κ2) is 7.38. The van der Waals surface area contributed by atoms with Crippen molar-refractivity contribution in [3.63, 3.8) is 0 Å². The minimum atomic E-state index is -0.404. The molecule has 0 bridgehead atoms. The van der Waals surface area contributed by atoms with Crippen LogP contribution < -0.4 is 0 Å². The number of nitrogens with zero attached hydrogens (tertiary/aromatic N) is 2. The summed E-state index contributed by atoms with van der Waals surface area (Å²) in [5, 5.41) is 4.84. The lowest BCUT2D eigenvalue weighted by Crippen LogP contribution is -2.19. The Labute approximate surface area is 165 Å². The number of fused-ring (bicyclic) bond motifs is 1. The van der Waals surface area contributed by atoms with Crippen LogP contribution in [0.5, 0.6) is 0 Å². The topological polar surface area (TPSA) is 43.6 Å². The van der Waals surface area contributed by atoms with Crippen LogP contribution in [-0.2, 0) is 10.2 Å². The molecular formula is C23H27FN2O2. The molecule has 28 heavy (non-hydrogen) atoms. The third-order valence-electron chi connectivity index (χ3n) is 4.78. The lowest BCUT2D eigenvalue weighted by Gasteiger charge is -2.22. The summed E-state index contributed by atoms with van der Waals surface area (Å²) in [6.07, 6.45) is 0. The summed E-state index contributed by atoms with van der Waals surface area (Å²) < 4.78 is 20.8. The molecule has 3 aromatic rings. The third-order valence-corrected chi connectivity index (χ3v) is 4.78. The van der Waals surface area contributed by atoms with Crippen molar-refractivity contribution in [2.75, 3.05) is 6.61 Å². The van der Waals surface area contributed by atoms with Gasteiger partial charge in [-0.2, -0.15) is 5.10 Å². The first-order valence-electron chi connectivity index (χ1n) is 9.64. The molecule has 0 spiro atoms. The molecule has 0 aliphatic rings. The van der Waals surface area contributed by atoms with Crippen molar-refractivity contribution in [3.8, 4) is 11.3 Å². The number of esters is 1. The Bertz CT molecular complexity index is 1010. The summed E-state index contributed by atoms with van der Waals surface area (Å²) in [5.74, 6) is -0.659. The molecule has 5 heteroatoms. The molecule has 0 amide bonds. The number of ether oxygens (including phenoxy) is 1. The van der Waals surface area contributed by atoms with E-state index in [-0.39, 0.29) is 23.8 Å². The second-order valence-corrected chi connectivity index (χ2v) is 8.28. The molecule has 1 aromatic carbocycles. The fraction of sp³-hybridized carbons (Fsp3) is 0.391. The highest BCUT2D eigenvalue weighted by molar-refractivity contribution is 5.99. The number of carbonyl (C=O) groups is 1. The normalized spacial score (nSPS) is 12.0. The second-order valence-electron chi connectivity index (χ2n) is 8.28. The van der Waals surface area contributed by atoms with E-state index in [0.717, 1.165) is 16.8 Å². The van der Waals surface area contributed by atoms with Crippen LogP contribution in [0.25, 0.3) is 16.8 Å². The van der Waals surface area contributed by atoms with E-state index in [0.29, 0.717) is 16.8 Å². The minimum absolute atomic E-state index is 0.0758. The predicted octanol–water partition coefficient (Wildman–Crippen LogP) is 5.74. The maximum Gasteiger partial charge on any atom is 0.340 e. The monoisotopic (exact) mass is 382 g/mol. The molecule has 4 nitrogen and oxygen atoms in total. The Balaban J connectivity index is 2.44. The van der Waals surface area contributed by atoms with E-state index in [1.807, 2.05) is 10.6 Å². The van der Waals surface area contributed by atoms with Crippen molar-refractivity contribution in [2.24, 2.45) is 0 Å². The molecule has 0 N–H and O–H groups in total. The molecule has 0 aliphatic carbocycles. The molecule has 0 saturated carbocycles. The first-order chi connectivity index (χ1) is 13.1. The molecule has 0 saturated heterocycles. The Kier molecular flexibility index (Phi) is 5.28. The molecule has 0 unspecified atom stereocenters. The summed E-state index contributed by atoms with van der Waals surface area (Å²) in [6, 6.07) is 10.1. The van der Waals surface area contributed by atoms with Gasteiger partial charge in [-0.3, -0.25) is 0 Å². The summed E-state index contributed by atoms with van der Waals surface area (Å²) in [4.78, 5) is 12.9. The smallest absolute Gasteiger partial charge is 0.340 e. The zero-order chi connectivity index (χ0) is 20.6. The van der Waals surface area contributed by atoms with Crippen LogP contribution in [0.2, 0.25) is 0 Å². The summed E-state index contributed by atoms with van der Waals surface area (Å²) in [5.41, 5.74) is 4.35. The van der Waals surface area contributed by atoms with Crippen molar-refractivity contribution in [1.82, 2.24) is 9.61 Å². The molecular weight excluding hydrogens is 355 g/mol. The van der Waals surface area contributed by atoms with Gasteiger partial charge in [-0.15, -0.1) is 0 Å². The first-order valence-corrected chi connectivity index (χ1v) is 9.64. The van der Waals surface area contributed by atoms with Crippen molar-refractivity contribution < 1.29 is 13.9 Å². The number of benzene rings is 1. The van der Waals surface area contributed by atoms with E-state index in [1.165, 1.54) is 12.1 Å². The zero-order valence-electron chi connectivity index (χ0n) is 17.3. The van der Waals surface area contributed by atoms with Crippen molar-refractivity contribution in [3.05, 3.63) is 59.0 Å². The van der Waals surface area contributed by atoms with Gasteiger partial charge >= 0.3 is 5.97 Å². The number of halogens is 1. The number of hydrogen-bond acceptors (Lipinski definition) is 3. The molecule has 0 aliphatic heterocycles. The fourth-order valence-corrected chi connectivity index (χ4v) is 3.52. The lowest BCUT2D eigenvalue weighted by molar-refractivity contribution is 0.0525. The summed E-state index contributed by atoms with van der Waals surface area (Å²) in [6.45, 7) is 12.5. The van der Waals surface area contributed by atoms with Crippen LogP contribution in [0.3, 0.4) is 0 Å². The van der Waals surface area contributed by atoms with E-state index in [9.17, 15) is 9.18 Å². The van der Waals surface area contributed by atoms with Gasteiger partial charge in [0.25, 0.3) is 0 Å². The van der Waals surface area contributed by atoms with Crippen LogP contribution in [0, 0.1) is 5.82 Å². The number of hydrogen-bond donors (Lipinski definition) is 0. The Morgan fingerprint density at radius 1 is 1.14 bits per heavy atom. The highest BCUT2D eigenvalue weighted by atomic mass is 19.1. The molecule has 2 heterocycles. The van der Waals surface area contributed by atoms with Gasteiger partial charge in [-0.05, 0) is 54.8 Å². The van der Waals surface area contributed by atoms with Gasteiger partial charge in [-0.1, -0.05) is 34.6 Å². The zero-order valence-corrected chi connectivity index (χ0v) is 17.3. The summed E-state index contributed by atoms with van der Waals surface area (Å²) >= 11 is 0. The average molecular weight is 382 g/mol. The van der Waals surface area contributed by atoms with E-state index in [2.05, 4.69) is 40.7 Å². The SMILES string of the molecule is CCOC(=O)c1c(-c2ccc(F)cc2)nn2c(C(C)(C)C)ccc2c1C(C)C. The van der Waals surface area contributed by atoms with Crippen molar-refractivity contribution in [1.29, 1.82) is 0 Å². The van der Waals surface area contributed by atoms with Gasteiger partial charge < -0.3 is 4.74 Å². The fourth-order valence-electron chi connectivity index (χ4n) is 3.52.